The number of nitrogens with one attached hydrogen (secondary N) is 2. The molecule has 1 aromatic heterocycles. The number of aliphatic hydroxyl groups is 1. The Kier molecular flexibility index (Phi) is 11.5. The number of carboxylic acids is 1. The van der Waals surface area contributed by atoms with Crippen LogP contribution in [-0.4, -0.2) is 53.1 Å². The lowest BCUT2D eigenvalue weighted by molar-refractivity contribution is -0.139. The van der Waals surface area contributed by atoms with E-state index in [1.165, 1.54) is 38.5 Å². The highest BCUT2D eigenvalue weighted by Gasteiger charge is 2.20. The Hall–Kier alpha value is -1.89. The zero-order valence-corrected chi connectivity index (χ0v) is 18.2. The van der Waals surface area contributed by atoms with E-state index in [2.05, 4.69) is 17.2 Å². The second-order valence-electron chi connectivity index (χ2n) is 8.07. The van der Waals surface area contributed by atoms with E-state index in [1.54, 1.807) is 0 Å². The number of aromatic amines is 1. The van der Waals surface area contributed by atoms with Crippen molar-refractivity contribution in [1.82, 2.24) is 10.3 Å². The van der Waals surface area contributed by atoms with Gasteiger partial charge in [0.2, 0.25) is 0 Å². The molecule has 0 saturated carbocycles. The minimum Gasteiger partial charge on any atom is -0.480 e. The number of aliphatic carboxylic acids is 1. The molecule has 6 nitrogen and oxygen atoms in total. The maximum absolute atomic E-state index is 11.6. The smallest absolute Gasteiger partial charge is 0.321 e. The number of unbranched alkanes of at least 4 members (excludes halogenated alkanes) is 7. The van der Waals surface area contributed by atoms with E-state index in [-0.39, 0.29) is 13.2 Å². The van der Waals surface area contributed by atoms with Crippen LogP contribution in [0, 0.1) is 0 Å². The summed E-state index contributed by atoms with van der Waals surface area (Å²) < 4.78 is 5.55. The van der Waals surface area contributed by atoms with Crippen LogP contribution in [0.4, 0.5) is 0 Å². The highest BCUT2D eigenvalue weighted by Crippen LogP contribution is 2.19. The van der Waals surface area contributed by atoms with Crippen LogP contribution >= 0.6 is 0 Å². The van der Waals surface area contributed by atoms with Crippen LogP contribution < -0.4 is 5.32 Å². The number of para-hydroxylation sites is 1. The summed E-state index contributed by atoms with van der Waals surface area (Å²) >= 11 is 0. The molecule has 30 heavy (non-hydrogen) atoms. The van der Waals surface area contributed by atoms with Crippen molar-refractivity contribution >= 4 is 16.9 Å². The number of fused-ring (bicyclic) bond motifs is 1. The monoisotopic (exact) mass is 418 g/mol. The fourth-order valence-corrected chi connectivity index (χ4v) is 3.66. The molecule has 168 valence electrons. The summed E-state index contributed by atoms with van der Waals surface area (Å²) in [4.78, 5) is 14.8. The van der Waals surface area contributed by atoms with Gasteiger partial charge in [0.1, 0.15) is 6.04 Å². The van der Waals surface area contributed by atoms with Crippen LogP contribution in [0.2, 0.25) is 0 Å². The van der Waals surface area contributed by atoms with Gasteiger partial charge in [-0.25, -0.2) is 0 Å². The van der Waals surface area contributed by atoms with E-state index >= 15 is 0 Å². The third-order valence-corrected chi connectivity index (χ3v) is 5.45. The molecule has 2 aromatic rings. The Bertz CT molecular complexity index is 731. The third kappa shape index (κ3) is 8.86. The average Bonchev–Trinajstić information content (AvgIpc) is 3.15. The first-order chi connectivity index (χ1) is 14.6. The van der Waals surface area contributed by atoms with E-state index in [9.17, 15) is 15.0 Å². The van der Waals surface area contributed by atoms with Crippen LogP contribution in [0.1, 0.15) is 63.9 Å². The molecule has 1 aromatic carbocycles. The van der Waals surface area contributed by atoms with Gasteiger partial charge in [0.05, 0.1) is 12.7 Å². The second kappa shape index (κ2) is 14.2. The molecule has 4 N–H and O–H groups in total. The fraction of sp³-hybridized carbons (Fsp3) is 0.625. The first-order valence-electron chi connectivity index (χ1n) is 11.4. The third-order valence-electron chi connectivity index (χ3n) is 5.45. The van der Waals surface area contributed by atoms with E-state index in [4.69, 9.17) is 4.74 Å². The molecule has 0 aliphatic rings. The lowest BCUT2D eigenvalue weighted by Crippen LogP contribution is -2.43. The van der Waals surface area contributed by atoms with Crippen molar-refractivity contribution in [3.63, 3.8) is 0 Å². The van der Waals surface area contributed by atoms with E-state index in [0.717, 1.165) is 29.3 Å². The van der Waals surface area contributed by atoms with Gasteiger partial charge < -0.3 is 25.3 Å². The zero-order valence-electron chi connectivity index (χ0n) is 18.2. The highest BCUT2D eigenvalue weighted by atomic mass is 16.5. The Labute approximate surface area is 180 Å². The summed E-state index contributed by atoms with van der Waals surface area (Å²) in [7, 11) is 0. The molecule has 0 aliphatic heterocycles. The normalized spacial score (nSPS) is 13.5. The summed E-state index contributed by atoms with van der Waals surface area (Å²) in [5, 5.41) is 23.6. The van der Waals surface area contributed by atoms with Crippen molar-refractivity contribution in [1.29, 1.82) is 0 Å². The quantitative estimate of drug-likeness (QED) is 0.288. The number of aromatic nitrogens is 1. The summed E-state index contributed by atoms with van der Waals surface area (Å²) in [6.07, 6.45) is 11.5. The van der Waals surface area contributed by atoms with Gasteiger partial charge in [0.15, 0.2) is 0 Å². The molecule has 2 atom stereocenters. The van der Waals surface area contributed by atoms with Gasteiger partial charge in [-0.15, -0.1) is 0 Å². The second-order valence-corrected chi connectivity index (χ2v) is 8.07. The van der Waals surface area contributed by atoms with Crippen LogP contribution in [0.15, 0.2) is 30.5 Å². The zero-order chi connectivity index (χ0) is 21.6. The van der Waals surface area contributed by atoms with Gasteiger partial charge in [0, 0.05) is 36.7 Å². The van der Waals surface area contributed by atoms with Crippen molar-refractivity contribution in [2.24, 2.45) is 0 Å². The lowest BCUT2D eigenvalue weighted by atomic mass is 10.0. The Morgan fingerprint density at radius 1 is 1.10 bits per heavy atom. The number of hydrogen-bond donors (Lipinski definition) is 4. The first kappa shape index (κ1) is 24.4. The number of ether oxygens (including phenoxy) is 1. The predicted octanol–water partition coefficient (Wildman–Crippen LogP) is 4.27. The largest absolute Gasteiger partial charge is 0.480 e. The molecule has 2 rings (SSSR count). The van der Waals surface area contributed by atoms with Gasteiger partial charge >= 0.3 is 5.97 Å². The molecule has 0 radical (unpaired) electrons. The lowest BCUT2D eigenvalue weighted by Gasteiger charge is -2.17. The highest BCUT2D eigenvalue weighted by molar-refractivity contribution is 5.84. The number of carboxylic acid groups (broad SMARTS) is 1. The van der Waals surface area contributed by atoms with Crippen LogP contribution in [0.5, 0.6) is 0 Å². The molecule has 0 amide bonds. The molecular weight excluding hydrogens is 380 g/mol. The summed E-state index contributed by atoms with van der Waals surface area (Å²) in [5.74, 6) is -0.924. The van der Waals surface area contributed by atoms with Crippen molar-refractivity contribution in [3.8, 4) is 0 Å². The van der Waals surface area contributed by atoms with Crippen molar-refractivity contribution in [3.05, 3.63) is 36.0 Å². The maximum atomic E-state index is 11.6. The SMILES string of the molecule is CCCCCCCCCCOCC(O)CN[C@@H](Cc1c[nH]c2ccccc12)C(=O)O. The fourth-order valence-electron chi connectivity index (χ4n) is 3.66. The minimum absolute atomic E-state index is 0.191. The van der Waals surface area contributed by atoms with Gasteiger partial charge in [-0.05, 0) is 18.1 Å². The first-order valence-corrected chi connectivity index (χ1v) is 11.4. The van der Waals surface area contributed by atoms with E-state index in [1.807, 2.05) is 30.5 Å². The molecule has 1 unspecified atom stereocenters. The molecule has 6 heteroatoms. The van der Waals surface area contributed by atoms with Crippen LogP contribution in [0.3, 0.4) is 0 Å². The topological polar surface area (TPSA) is 94.6 Å². The summed E-state index contributed by atoms with van der Waals surface area (Å²) in [6.45, 7) is 3.29. The molecule has 0 fully saturated rings. The average molecular weight is 419 g/mol. The van der Waals surface area contributed by atoms with Gasteiger partial charge in [-0.2, -0.15) is 0 Å². The van der Waals surface area contributed by atoms with Gasteiger partial charge in [-0.1, -0.05) is 70.1 Å². The van der Waals surface area contributed by atoms with Crippen LogP contribution in [0.25, 0.3) is 10.9 Å². The molecule has 0 bridgehead atoms. The molecule has 0 aliphatic carbocycles. The predicted molar refractivity (Wildman–Crippen MR) is 121 cm³/mol. The van der Waals surface area contributed by atoms with Crippen LogP contribution in [-0.2, 0) is 16.0 Å². The Morgan fingerprint density at radius 2 is 1.80 bits per heavy atom. The molecule has 0 spiro atoms. The number of H-pyrrole nitrogens is 1. The number of rotatable bonds is 17. The summed E-state index contributed by atoms with van der Waals surface area (Å²) in [5.41, 5.74) is 1.94. The number of benzene rings is 1. The van der Waals surface area contributed by atoms with Crippen molar-refractivity contribution in [2.75, 3.05) is 19.8 Å². The number of hydrogen-bond acceptors (Lipinski definition) is 4. The number of carbonyl (C=O) groups is 1. The number of aliphatic hydroxyl groups excluding tert-OH is 1. The Morgan fingerprint density at radius 3 is 2.53 bits per heavy atom. The molecule has 1 heterocycles. The van der Waals surface area contributed by atoms with Crippen molar-refractivity contribution in [2.45, 2.75) is 76.9 Å². The summed E-state index contributed by atoms with van der Waals surface area (Å²) in [6, 6.07) is 7.08. The Balaban J connectivity index is 1.60. The van der Waals surface area contributed by atoms with Gasteiger partial charge in [0.25, 0.3) is 0 Å². The van der Waals surface area contributed by atoms with Crippen molar-refractivity contribution < 1.29 is 19.7 Å². The minimum atomic E-state index is -0.924. The van der Waals surface area contributed by atoms with E-state index < -0.39 is 18.1 Å². The van der Waals surface area contributed by atoms with Gasteiger partial charge in [-0.3, -0.25) is 4.79 Å². The van der Waals surface area contributed by atoms with E-state index in [0.29, 0.717) is 13.0 Å². The maximum Gasteiger partial charge on any atom is 0.321 e. The molecular formula is C24H38N2O4. The molecule has 0 saturated heterocycles. The standard InChI is InChI=1S/C24H38N2O4/c1-2-3-4-5-6-7-8-11-14-30-18-20(27)17-26-23(24(28)29)15-19-16-25-22-13-10-9-12-21(19)22/h9-10,12-13,16,20,23,25-27H,2-8,11,14-15,17-18H2,1H3,(H,28,29)/t20?,23-/m0/s1.